The SMILES string of the molecule is COCCn1c(SC)nc2oc(-c3ccc(C4(NC(=O)O)CCC4)cc3)c(-c3ccccc3)c2c1=O. The number of ether oxygens (including phenoxy) is 1. The van der Waals surface area contributed by atoms with Crippen molar-refractivity contribution in [2.75, 3.05) is 20.0 Å². The van der Waals surface area contributed by atoms with Gasteiger partial charge in [0, 0.05) is 18.2 Å². The normalized spacial score (nSPS) is 14.5. The number of nitrogens with zero attached hydrogens (tertiary/aromatic N) is 2. The number of fused-ring (bicyclic) bond motifs is 1. The minimum absolute atomic E-state index is 0.175. The van der Waals surface area contributed by atoms with Gasteiger partial charge in [-0.25, -0.2) is 4.79 Å². The number of hydrogen-bond donors (Lipinski definition) is 2. The predicted octanol–water partition coefficient (Wildman–Crippen LogP) is 5.34. The summed E-state index contributed by atoms with van der Waals surface area (Å²) in [5.74, 6) is 0.553. The first-order chi connectivity index (χ1) is 17.5. The van der Waals surface area contributed by atoms with Gasteiger partial charge in [-0.05, 0) is 36.6 Å². The molecule has 0 radical (unpaired) electrons. The molecule has 0 saturated heterocycles. The molecule has 0 aliphatic heterocycles. The summed E-state index contributed by atoms with van der Waals surface area (Å²) in [6.45, 7) is 0.774. The van der Waals surface area contributed by atoms with E-state index < -0.39 is 11.6 Å². The van der Waals surface area contributed by atoms with Crippen molar-refractivity contribution in [3.63, 3.8) is 0 Å². The van der Waals surface area contributed by atoms with Gasteiger partial charge < -0.3 is 19.6 Å². The average molecular weight is 506 g/mol. The summed E-state index contributed by atoms with van der Waals surface area (Å²) in [5, 5.41) is 13.0. The molecule has 4 aromatic rings. The summed E-state index contributed by atoms with van der Waals surface area (Å²) in [5.41, 5.74) is 2.81. The number of amides is 1. The van der Waals surface area contributed by atoms with E-state index in [0.717, 1.165) is 36.0 Å². The summed E-state index contributed by atoms with van der Waals surface area (Å²) in [4.78, 5) is 29.8. The fourth-order valence-electron chi connectivity index (χ4n) is 4.85. The lowest BCUT2D eigenvalue weighted by atomic mass is 9.72. The van der Waals surface area contributed by atoms with Crippen LogP contribution < -0.4 is 10.9 Å². The molecular formula is C27H27N3O5S. The van der Waals surface area contributed by atoms with Gasteiger partial charge in [0.1, 0.15) is 11.1 Å². The van der Waals surface area contributed by atoms with E-state index in [0.29, 0.717) is 40.7 Å². The highest BCUT2D eigenvalue weighted by atomic mass is 32.2. The number of carbonyl (C=O) groups is 1. The van der Waals surface area contributed by atoms with Crippen LogP contribution in [0.15, 0.2) is 69.0 Å². The number of carboxylic acid groups (broad SMARTS) is 1. The highest BCUT2D eigenvalue weighted by molar-refractivity contribution is 7.98. The van der Waals surface area contributed by atoms with Crippen LogP contribution >= 0.6 is 11.8 Å². The summed E-state index contributed by atoms with van der Waals surface area (Å²) in [7, 11) is 1.60. The molecule has 186 valence electrons. The zero-order chi connectivity index (χ0) is 25.3. The maximum atomic E-state index is 13.7. The van der Waals surface area contributed by atoms with Crippen LogP contribution in [-0.2, 0) is 16.8 Å². The molecule has 2 aromatic carbocycles. The number of aromatic nitrogens is 2. The number of furan rings is 1. The van der Waals surface area contributed by atoms with E-state index in [1.165, 1.54) is 11.8 Å². The molecule has 36 heavy (non-hydrogen) atoms. The molecule has 2 heterocycles. The molecule has 1 amide bonds. The smallest absolute Gasteiger partial charge is 0.405 e. The Kier molecular flexibility index (Phi) is 6.59. The van der Waals surface area contributed by atoms with Gasteiger partial charge >= 0.3 is 6.09 Å². The van der Waals surface area contributed by atoms with E-state index in [-0.39, 0.29) is 5.56 Å². The van der Waals surface area contributed by atoms with Crippen LogP contribution in [0, 0.1) is 0 Å². The largest absolute Gasteiger partial charge is 0.465 e. The Hall–Kier alpha value is -3.56. The van der Waals surface area contributed by atoms with E-state index in [1.54, 1.807) is 11.7 Å². The van der Waals surface area contributed by atoms with Crippen LogP contribution in [0.25, 0.3) is 33.6 Å². The molecule has 1 saturated carbocycles. The Morgan fingerprint density at radius 3 is 2.47 bits per heavy atom. The Morgan fingerprint density at radius 1 is 1.17 bits per heavy atom. The highest BCUT2D eigenvalue weighted by Gasteiger charge is 2.40. The molecule has 0 unspecified atom stereocenters. The first-order valence-electron chi connectivity index (χ1n) is 11.7. The van der Waals surface area contributed by atoms with E-state index in [2.05, 4.69) is 10.3 Å². The molecule has 1 aliphatic carbocycles. The first-order valence-corrected chi connectivity index (χ1v) is 13.0. The summed E-state index contributed by atoms with van der Waals surface area (Å²) in [6.07, 6.45) is 3.35. The highest BCUT2D eigenvalue weighted by Crippen LogP contribution is 2.43. The van der Waals surface area contributed by atoms with Crippen LogP contribution in [0.3, 0.4) is 0 Å². The minimum Gasteiger partial charge on any atom is -0.465 e. The van der Waals surface area contributed by atoms with E-state index in [4.69, 9.17) is 9.15 Å². The van der Waals surface area contributed by atoms with Crippen LogP contribution in [-0.4, -0.2) is 40.7 Å². The second-order valence-corrected chi connectivity index (χ2v) is 9.62. The summed E-state index contributed by atoms with van der Waals surface area (Å²) in [6, 6.07) is 17.4. The third kappa shape index (κ3) is 4.18. The molecule has 1 aliphatic rings. The number of nitrogens with one attached hydrogen (secondary N) is 1. The molecule has 9 heteroatoms. The van der Waals surface area contributed by atoms with Gasteiger partial charge in [-0.15, -0.1) is 0 Å². The molecule has 2 aromatic heterocycles. The van der Waals surface area contributed by atoms with Crippen LogP contribution in [0.4, 0.5) is 4.79 Å². The van der Waals surface area contributed by atoms with Gasteiger partial charge in [0.05, 0.1) is 18.7 Å². The monoisotopic (exact) mass is 505 g/mol. The van der Waals surface area contributed by atoms with Gasteiger partial charge in [0.15, 0.2) is 5.16 Å². The lowest BCUT2D eigenvalue weighted by Crippen LogP contribution is -2.50. The minimum atomic E-state index is -1.03. The maximum absolute atomic E-state index is 13.7. The Labute approximate surface area is 212 Å². The zero-order valence-electron chi connectivity index (χ0n) is 20.1. The second-order valence-electron chi connectivity index (χ2n) is 8.84. The molecule has 8 nitrogen and oxygen atoms in total. The zero-order valence-corrected chi connectivity index (χ0v) is 20.9. The van der Waals surface area contributed by atoms with Crippen LogP contribution in [0.2, 0.25) is 0 Å². The fourth-order valence-corrected chi connectivity index (χ4v) is 5.41. The molecule has 5 rings (SSSR count). The summed E-state index contributed by atoms with van der Waals surface area (Å²) < 4.78 is 13.1. The van der Waals surface area contributed by atoms with E-state index in [9.17, 15) is 14.7 Å². The van der Waals surface area contributed by atoms with Gasteiger partial charge in [-0.2, -0.15) is 4.98 Å². The molecular weight excluding hydrogens is 478 g/mol. The number of methoxy groups -OCH3 is 1. The Morgan fingerprint density at radius 2 is 1.89 bits per heavy atom. The third-order valence-corrected chi connectivity index (χ3v) is 7.47. The second kappa shape index (κ2) is 9.83. The van der Waals surface area contributed by atoms with Crippen molar-refractivity contribution in [3.8, 4) is 22.5 Å². The van der Waals surface area contributed by atoms with Crippen molar-refractivity contribution in [3.05, 3.63) is 70.5 Å². The number of rotatable bonds is 8. The van der Waals surface area contributed by atoms with Crippen molar-refractivity contribution >= 4 is 29.0 Å². The molecule has 1 fully saturated rings. The quantitative estimate of drug-likeness (QED) is 0.246. The fraction of sp³-hybridized carbons (Fsp3) is 0.296. The van der Waals surface area contributed by atoms with Crippen LogP contribution in [0.1, 0.15) is 24.8 Å². The standard InChI is InChI=1S/C27H27N3O5S/c1-34-16-15-30-24(31)21-20(17-7-4-3-5-8-17)22(35-23(21)28-25(30)36-2)18-9-11-19(12-10-18)27(13-6-14-27)29-26(32)33/h3-5,7-12,29H,6,13-16H2,1-2H3,(H,32,33). The predicted molar refractivity (Wildman–Crippen MR) is 139 cm³/mol. The lowest BCUT2D eigenvalue weighted by molar-refractivity contribution is 0.144. The topological polar surface area (TPSA) is 107 Å². The van der Waals surface area contributed by atoms with Crippen molar-refractivity contribution in [1.29, 1.82) is 0 Å². The van der Waals surface area contributed by atoms with Gasteiger partial charge in [0.25, 0.3) is 5.56 Å². The van der Waals surface area contributed by atoms with E-state index >= 15 is 0 Å². The van der Waals surface area contributed by atoms with Crippen molar-refractivity contribution in [1.82, 2.24) is 14.9 Å². The Balaban J connectivity index is 1.68. The molecule has 0 bridgehead atoms. The van der Waals surface area contributed by atoms with E-state index in [1.807, 2.05) is 60.9 Å². The van der Waals surface area contributed by atoms with Gasteiger partial charge in [-0.3, -0.25) is 9.36 Å². The number of hydrogen-bond acceptors (Lipinski definition) is 6. The molecule has 0 atom stereocenters. The Bertz CT molecular complexity index is 1460. The van der Waals surface area contributed by atoms with Gasteiger partial charge in [-0.1, -0.05) is 66.4 Å². The average Bonchev–Trinajstić information content (AvgIpc) is 3.26. The molecule has 0 spiro atoms. The third-order valence-electron chi connectivity index (χ3n) is 6.79. The van der Waals surface area contributed by atoms with Crippen molar-refractivity contribution < 1.29 is 19.1 Å². The van der Waals surface area contributed by atoms with Crippen molar-refractivity contribution in [2.45, 2.75) is 36.5 Å². The van der Waals surface area contributed by atoms with Crippen LogP contribution in [0.5, 0.6) is 0 Å². The summed E-state index contributed by atoms with van der Waals surface area (Å²) >= 11 is 1.38. The van der Waals surface area contributed by atoms with Crippen molar-refractivity contribution in [2.24, 2.45) is 0 Å². The molecule has 2 N–H and O–H groups in total. The number of thioether (sulfide) groups is 1. The lowest BCUT2D eigenvalue weighted by Gasteiger charge is -2.42. The number of benzene rings is 2. The maximum Gasteiger partial charge on any atom is 0.405 e. The first kappa shape index (κ1) is 24.1. The van der Waals surface area contributed by atoms with Gasteiger partial charge in [0.2, 0.25) is 5.71 Å².